The van der Waals surface area contributed by atoms with Crippen molar-refractivity contribution in [3.8, 4) is 0 Å². The maximum Gasteiger partial charge on any atom is 0.336 e. The molecule has 1 aromatic rings. The van der Waals surface area contributed by atoms with Gasteiger partial charge in [-0.1, -0.05) is 15.9 Å². The summed E-state index contributed by atoms with van der Waals surface area (Å²) >= 11 is 3.16. The van der Waals surface area contributed by atoms with Gasteiger partial charge < -0.3 is 15.6 Å². The fourth-order valence-corrected chi connectivity index (χ4v) is 2.78. The molecule has 7 nitrogen and oxygen atoms in total. The third kappa shape index (κ3) is 4.16. The molecule has 19 heavy (non-hydrogen) atoms. The summed E-state index contributed by atoms with van der Waals surface area (Å²) in [4.78, 5) is 10.8. The molecule has 0 heterocycles. The van der Waals surface area contributed by atoms with Crippen molar-refractivity contribution in [3.05, 3.63) is 22.7 Å². The van der Waals surface area contributed by atoms with Gasteiger partial charge in [0, 0.05) is 11.0 Å². The summed E-state index contributed by atoms with van der Waals surface area (Å²) < 4.78 is 30.8. The van der Waals surface area contributed by atoms with Gasteiger partial charge in [-0.2, -0.15) is 0 Å². The van der Waals surface area contributed by atoms with Crippen LogP contribution in [0.2, 0.25) is 0 Å². The Morgan fingerprint density at radius 1 is 1.58 bits per heavy atom. The highest BCUT2D eigenvalue weighted by molar-refractivity contribution is 9.10. The van der Waals surface area contributed by atoms with E-state index in [1.54, 1.807) is 0 Å². The largest absolute Gasteiger partial charge is 0.467 e. The molecule has 1 atom stereocenters. The summed E-state index contributed by atoms with van der Waals surface area (Å²) in [6.07, 6.45) is -1.57. The predicted molar refractivity (Wildman–Crippen MR) is 71.8 cm³/mol. The first-order chi connectivity index (χ1) is 8.77. The van der Waals surface area contributed by atoms with E-state index in [1.807, 2.05) is 0 Å². The number of aliphatic hydroxyl groups is 1. The van der Waals surface area contributed by atoms with Crippen molar-refractivity contribution >= 4 is 37.6 Å². The van der Waals surface area contributed by atoms with Gasteiger partial charge in [0.15, 0.2) is 6.10 Å². The summed E-state index contributed by atoms with van der Waals surface area (Å²) in [5, 5.41) is 9.30. The highest BCUT2D eigenvalue weighted by atomic mass is 79.9. The molecule has 0 saturated heterocycles. The molecule has 0 bridgehead atoms. The van der Waals surface area contributed by atoms with Crippen LogP contribution < -0.4 is 10.5 Å². The first-order valence-electron chi connectivity index (χ1n) is 5.08. The number of carbonyl (C=O) groups excluding carboxylic acids is 1. The van der Waals surface area contributed by atoms with E-state index in [9.17, 15) is 18.3 Å². The quantitative estimate of drug-likeness (QED) is 0.500. The maximum absolute atomic E-state index is 11.9. The second-order valence-electron chi connectivity index (χ2n) is 3.57. The smallest absolute Gasteiger partial charge is 0.336 e. The Labute approximate surface area is 118 Å². The highest BCUT2D eigenvalue weighted by Gasteiger charge is 2.22. The number of aliphatic hydroxyl groups excluding tert-OH is 1. The van der Waals surface area contributed by atoms with Crippen LogP contribution >= 0.6 is 15.9 Å². The van der Waals surface area contributed by atoms with Crippen LogP contribution in [0.5, 0.6) is 0 Å². The summed E-state index contributed by atoms with van der Waals surface area (Å²) in [5.41, 5.74) is 5.65. The third-order valence-corrected chi connectivity index (χ3v) is 4.19. The van der Waals surface area contributed by atoms with Crippen molar-refractivity contribution in [1.82, 2.24) is 4.72 Å². The molecule has 0 aliphatic carbocycles. The van der Waals surface area contributed by atoms with E-state index in [-0.39, 0.29) is 10.6 Å². The number of rotatable bonds is 5. The van der Waals surface area contributed by atoms with Gasteiger partial charge in [-0.15, -0.1) is 0 Å². The van der Waals surface area contributed by atoms with Crippen LogP contribution in [0.4, 0.5) is 5.69 Å². The lowest BCUT2D eigenvalue weighted by Crippen LogP contribution is -2.37. The van der Waals surface area contributed by atoms with E-state index in [1.165, 1.54) is 18.2 Å². The van der Waals surface area contributed by atoms with Gasteiger partial charge in [0.25, 0.3) is 0 Å². The van der Waals surface area contributed by atoms with Crippen molar-refractivity contribution in [3.63, 3.8) is 0 Å². The number of ether oxygens (including phenoxy) is 1. The number of halogens is 1. The van der Waals surface area contributed by atoms with E-state index >= 15 is 0 Å². The molecule has 106 valence electrons. The number of esters is 1. The Balaban J connectivity index is 2.85. The minimum Gasteiger partial charge on any atom is -0.467 e. The topological polar surface area (TPSA) is 119 Å². The van der Waals surface area contributed by atoms with Crippen molar-refractivity contribution < 1.29 is 23.1 Å². The number of hydrogen-bond acceptors (Lipinski definition) is 6. The summed E-state index contributed by atoms with van der Waals surface area (Å²) in [6, 6.07) is 4.26. The van der Waals surface area contributed by atoms with Gasteiger partial charge in [-0.05, 0) is 18.2 Å². The molecule has 0 aliphatic rings. The van der Waals surface area contributed by atoms with Gasteiger partial charge >= 0.3 is 5.97 Å². The van der Waals surface area contributed by atoms with E-state index < -0.39 is 28.6 Å². The lowest BCUT2D eigenvalue weighted by Gasteiger charge is -2.11. The standard InChI is InChI=1S/C10H13BrN2O5S/c1-18-10(15)8(14)5-13-19(16,17)9-3-2-6(11)4-7(9)12/h2-4,8,13-14H,5,12H2,1H3. The number of nitrogens with one attached hydrogen (secondary N) is 1. The molecule has 0 saturated carbocycles. The minimum atomic E-state index is -3.91. The molecule has 0 fully saturated rings. The van der Waals surface area contributed by atoms with Crippen LogP contribution in [0.25, 0.3) is 0 Å². The lowest BCUT2D eigenvalue weighted by molar-refractivity contribution is -0.149. The number of methoxy groups -OCH3 is 1. The summed E-state index contributed by atoms with van der Waals surface area (Å²) in [5.74, 6) is -0.925. The molecule has 1 unspecified atom stereocenters. The number of carbonyl (C=O) groups is 1. The molecule has 0 radical (unpaired) electrons. The van der Waals surface area contributed by atoms with Gasteiger partial charge in [0.2, 0.25) is 10.0 Å². The molecule has 0 amide bonds. The van der Waals surface area contributed by atoms with Gasteiger partial charge in [-0.3, -0.25) is 0 Å². The Hall–Kier alpha value is -1.16. The van der Waals surface area contributed by atoms with E-state index in [0.717, 1.165) is 7.11 Å². The fraction of sp³-hybridized carbons (Fsp3) is 0.300. The van der Waals surface area contributed by atoms with E-state index in [2.05, 4.69) is 25.4 Å². The molecule has 4 N–H and O–H groups in total. The van der Waals surface area contributed by atoms with Crippen LogP contribution in [-0.4, -0.2) is 39.3 Å². The zero-order chi connectivity index (χ0) is 14.6. The zero-order valence-corrected chi connectivity index (χ0v) is 12.4. The monoisotopic (exact) mass is 352 g/mol. The number of hydrogen-bond donors (Lipinski definition) is 3. The Bertz CT molecular complexity index is 575. The number of benzene rings is 1. The molecule has 0 aliphatic heterocycles. The van der Waals surface area contributed by atoms with Crippen molar-refractivity contribution in [1.29, 1.82) is 0 Å². The average molecular weight is 353 g/mol. The van der Waals surface area contributed by atoms with Crippen LogP contribution in [0.15, 0.2) is 27.6 Å². The highest BCUT2D eigenvalue weighted by Crippen LogP contribution is 2.22. The van der Waals surface area contributed by atoms with E-state index in [4.69, 9.17) is 5.73 Å². The second-order valence-corrected chi connectivity index (χ2v) is 6.22. The minimum absolute atomic E-state index is 0.0504. The van der Waals surface area contributed by atoms with Crippen LogP contribution in [0.1, 0.15) is 0 Å². The Morgan fingerprint density at radius 2 is 2.21 bits per heavy atom. The Kier molecular flexibility index (Phi) is 5.29. The number of nitrogens with two attached hydrogens (primary N) is 1. The van der Waals surface area contributed by atoms with Gasteiger partial charge in [-0.25, -0.2) is 17.9 Å². The van der Waals surface area contributed by atoms with Gasteiger partial charge in [0.1, 0.15) is 4.90 Å². The molecule has 1 rings (SSSR count). The normalized spacial score (nSPS) is 13.0. The maximum atomic E-state index is 11.9. The molecular formula is C10H13BrN2O5S. The molecule has 0 aromatic heterocycles. The second kappa shape index (κ2) is 6.33. The molecule has 0 spiro atoms. The first kappa shape index (κ1) is 15.9. The fourth-order valence-electron chi connectivity index (χ4n) is 1.25. The summed E-state index contributed by atoms with van der Waals surface area (Å²) in [6.45, 7) is -0.496. The van der Waals surface area contributed by atoms with Crippen molar-refractivity contribution in [2.45, 2.75) is 11.0 Å². The lowest BCUT2D eigenvalue weighted by atomic mass is 10.3. The van der Waals surface area contributed by atoms with Crippen LogP contribution in [0.3, 0.4) is 0 Å². The van der Waals surface area contributed by atoms with Crippen molar-refractivity contribution in [2.75, 3.05) is 19.4 Å². The van der Waals surface area contributed by atoms with Crippen LogP contribution in [-0.2, 0) is 19.6 Å². The third-order valence-electron chi connectivity index (χ3n) is 2.20. The summed E-state index contributed by atoms with van der Waals surface area (Å²) in [7, 11) is -2.82. The number of anilines is 1. The van der Waals surface area contributed by atoms with E-state index in [0.29, 0.717) is 4.47 Å². The van der Waals surface area contributed by atoms with Crippen molar-refractivity contribution in [2.24, 2.45) is 0 Å². The molecular weight excluding hydrogens is 340 g/mol. The Morgan fingerprint density at radius 3 is 2.74 bits per heavy atom. The molecule has 1 aromatic carbocycles. The average Bonchev–Trinajstić information content (AvgIpc) is 2.34. The number of sulfonamides is 1. The van der Waals surface area contributed by atoms with Crippen LogP contribution in [0, 0.1) is 0 Å². The first-order valence-corrected chi connectivity index (χ1v) is 7.36. The number of nitrogen functional groups attached to an aromatic ring is 1. The molecule has 9 heteroatoms. The zero-order valence-electron chi connectivity index (χ0n) is 9.96. The SMILES string of the molecule is COC(=O)C(O)CNS(=O)(=O)c1ccc(Br)cc1N. The van der Waals surface area contributed by atoms with Gasteiger partial charge in [0.05, 0.1) is 12.8 Å². The predicted octanol–water partition coefficient (Wildman–Crippen LogP) is -0.156.